The van der Waals surface area contributed by atoms with Gasteiger partial charge in [-0.25, -0.2) is 8.42 Å². The number of hydrogen-bond donors (Lipinski definition) is 1. The Balaban J connectivity index is 1.74. The number of rotatable bonds is 8. The minimum Gasteiger partial charge on any atom is -0.457 e. The molecule has 0 bridgehead atoms. The number of hydrogen-bond acceptors (Lipinski definition) is 4. The zero-order valence-corrected chi connectivity index (χ0v) is 22.0. The average Bonchev–Trinajstić information content (AvgIpc) is 2.79. The zero-order valence-electron chi connectivity index (χ0n) is 21.1. The molecule has 0 radical (unpaired) electrons. The first-order chi connectivity index (χ1) is 16.4. The Morgan fingerprint density at radius 1 is 0.857 bits per heavy atom. The third-order valence-corrected chi connectivity index (χ3v) is 7.04. The van der Waals surface area contributed by atoms with Gasteiger partial charge >= 0.3 is 0 Å². The minimum atomic E-state index is -3.72. The van der Waals surface area contributed by atoms with Gasteiger partial charge in [-0.05, 0) is 66.8 Å². The van der Waals surface area contributed by atoms with E-state index in [9.17, 15) is 13.2 Å². The summed E-state index contributed by atoms with van der Waals surface area (Å²) in [5.74, 6) is 0.864. The third kappa shape index (κ3) is 6.85. The summed E-state index contributed by atoms with van der Waals surface area (Å²) in [4.78, 5) is 13.1. The topological polar surface area (TPSA) is 75.7 Å². The zero-order chi connectivity index (χ0) is 25.8. The van der Waals surface area contributed by atoms with Crippen molar-refractivity contribution < 1.29 is 17.9 Å². The van der Waals surface area contributed by atoms with Gasteiger partial charge in [0.15, 0.2) is 0 Å². The molecule has 0 heterocycles. The molecule has 3 aromatic carbocycles. The Bertz CT molecular complexity index is 1230. The van der Waals surface area contributed by atoms with Crippen molar-refractivity contribution in [3.63, 3.8) is 0 Å². The van der Waals surface area contributed by atoms with Crippen LogP contribution in [0.15, 0.2) is 78.9 Å². The van der Waals surface area contributed by atoms with Gasteiger partial charge in [-0.2, -0.15) is 0 Å². The third-order valence-electron chi connectivity index (χ3n) is 5.79. The van der Waals surface area contributed by atoms with Crippen molar-refractivity contribution in [3.8, 4) is 11.5 Å². The first-order valence-electron chi connectivity index (χ1n) is 11.6. The quantitative estimate of drug-likeness (QED) is 0.429. The maximum atomic E-state index is 13.1. The molecule has 0 saturated heterocycles. The highest BCUT2D eigenvalue weighted by Gasteiger charge is 2.30. The van der Waals surface area contributed by atoms with E-state index < -0.39 is 16.1 Å². The van der Waals surface area contributed by atoms with Gasteiger partial charge in [0.05, 0.1) is 18.0 Å². The van der Waals surface area contributed by atoms with E-state index in [0.29, 0.717) is 17.2 Å². The number of amides is 1. The van der Waals surface area contributed by atoms with E-state index in [0.717, 1.165) is 16.1 Å². The Morgan fingerprint density at radius 3 is 1.91 bits per heavy atom. The van der Waals surface area contributed by atoms with Crippen LogP contribution in [0.1, 0.15) is 51.8 Å². The highest BCUT2D eigenvalue weighted by atomic mass is 32.2. The second-order valence-electron chi connectivity index (χ2n) is 9.75. The summed E-state index contributed by atoms with van der Waals surface area (Å²) in [7, 11) is -3.72. The maximum absolute atomic E-state index is 13.1. The lowest BCUT2D eigenvalue weighted by atomic mass is 9.86. The molecule has 2 atom stereocenters. The van der Waals surface area contributed by atoms with Crippen LogP contribution >= 0.6 is 0 Å². The van der Waals surface area contributed by atoms with E-state index >= 15 is 0 Å². The fourth-order valence-corrected chi connectivity index (χ4v) is 4.96. The Hall–Kier alpha value is -3.32. The molecule has 0 aliphatic rings. The van der Waals surface area contributed by atoms with Crippen molar-refractivity contribution in [2.75, 3.05) is 10.6 Å². The fraction of sp³-hybridized carbons (Fsp3) is 0.321. The number of para-hydroxylation sites is 1. The summed E-state index contributed by atoms with van der Waals surface area (Å²) in [6.45, 7) is 9.91. The van der Waals surface area contributed by atoms with Crippen LogP contribution in [0.3, 0.4) is 0 Å². The molecule has 0 saturated carbocycles. The van der Waals surface area contributed by atoms with Gasteiger partial charge < -0.3 is 10.1 Å². The molecule has 3 aromatic rings. The minimum absolute atomic E-state index is 0.0389. The van der Waals surface area contributed by atoms with E-state index in [1.54, 1.807) is 31.2 Å². The van der Waals surface area contributed by atoms with Crippen LogP contribution in [0, 0.1) is 0 Å². The molecule has 0 fully saturated rings. The number of nitrogens with zero attached hydrogens (tertiary/aromatic N) is 1. The predicted molar refractivity (Wildman–Crippen MR) is 141 cm³/mol. The van der Waals surface area contributed by atoms with Crippen molar-refractivity contribution in [2.24, 2.45) is 0 Å². The molecule has 0 aliphatic heterocycles. The monoisotopic (exact) mass is 494 g/mol. The van der Waals surface area contributed by atoms with Crippen LogP contribution < -0.4 is 14.4 Å². The number of anilines is 1. The first-order valence-corrected chi connectivity index (χ1v) is 13.4. The number of carbonyl (C=O) groups excluding carboxylic acids is 1. The lowest BCUT2D eigenvalue weighted by molar-refractivity contribution is -0.122. The molecule has 6 nitrogen and oxygen atoms in total. The van der Waals surface area contributed by atoms with Gasteiger partial charge in [-0.15, -0.1) is 0 Å². The van der Waals surface area contributed by atoms with Crippen LogP contribution in [0.2, 0.25) is 0 Å². The Kier molecular flexibility index (Phi) is 7.90. The van der Waals surface area contributed by atoms with Gasteiger partial charge in [0.2, 0.25) is 15.9 Å². The molecule has 186 valence electrons. The summed E-state index contributed by atoms with van der Waals surface area (Å²) < 4.78 is 32.2. The fourth-order valence-electron chi connectivity index (χ4n) is 3.78. The number of carbonyl (C=O) groups is 1. The van der Waals surface area contributed by atoms with Gasteiger partial charge in [0.25, 0.3) is 0 Å². The lowest BCUT2D eigenvalue weighted by Crippen LogP contribution is -2.48. The number of ether oxygens (including phenoxy) is 1. The average molecular weight is 495 g/mol. The van der Waals surface area contributed by atoms with Crippen LogP contribution in [-0.2, 0) is 20.2 Å². The van der Waals surface area contributed by atoms with Crippen molar-refractivity contribution >= 4 is 21.6 Å². The van der Waals surface area contributed by atoms with Crippen LogP contribution in [0.4, 0.5) is 5.69 Å². The molecule has 0 aliphatic carbocycles. The standard InChI is InChI=1S/C28H34N2O4S/c1-20(22-12-14-23(15-13-22)28(3,4)5)29-27(31)21(2)30(35(6,32)33)24-16-18-26(19-17-24)34-25-10-8-7-9-11-25/h7-21H,1-6H3,(H,29,31)/t20-,21-/m1/s1. The van der Waals surface area contributed by atoms with Gasteiger partial charge in [0.1, 0.15) is 17.5 Å². The normalized spacial score (nSPS) is 13.5. The molecule has 1 amide bonds. The second kappa shape index (κ2) is 10.5. The molecule has 0 aromatic heterocycles. The van der Waals surface area contributed by atoms with Crippen molar-refractivity contribution in [3.05, 3.63) is 90.0 Å². The summed E-state index contributed by atoms with van der Waals surface area (Å²) in [6.07, 6.45) is 1.10. The van der Waals surface area contributed by atoms with Crippen LogP contribution in [-0.4, -0.2) is 26.6 Å². The summed E-state index contributed by atoms with van der Waals surface area (Å²) >= 11 is 0. The van der Waals surface area contributed by atoms with Gasteiger partial charge in [-0.1, -0.05) is 63.2 Å². The predicted octanol–water partition coefficient (Wildman–Crippen LogP) is 5.81. The van der Waals surface area contributed by atoms with E-state index in [1.165, 1.54) is 5.56 Å². The largest absolute Gasteiger partial charge is 0.457 e. The summed E-state index contributed by atoms with van der Waals surface area (Å²) in [5.41, 5.74) is 2.58. The second-order valence-corrected chi connectivity index (χ2v) is 11.6. The lowest BCUT2D eigenvalue weighted by Gasteiger charge is -2.29. The van der Waals surface area contributed by atoms with Gasteiger partial charge in [0, 0.05) is 0 Å². The maximum Gasteiger partial charge on any atom is 0.244 e. The summed E-state index contributed by atoms with van der Waals surface area (Å²) in [5, 5.41) is 2.95. The van der Waals surface area contributed by atoms with E-state index in [2.05, 4.69) is 38.2 Å². The Labute approximate surface area is 209 Å². The Morgan fingerprint density at radius 2 is 1.40 bits per heavy atom. The van der Waals surface area contributed by atoms with E-state index in [1.807, 2.05) is 49.4 Å². The van der Waals surface area contributed by atoms with Crippen molar-refractivity contribution in [1.82, 2.24) is 5.32 Å². The molecular weight excluding hydrogens is 460 g/mol. The number of benzene rings is 3. The van der Waals surface area contributed by atoms with E-state index in [-0.39, 0.29) is 17.4 Å². The van der Waals surface area contributed by atoms with Crippen LogP contribution in [0.5, 0.6) is 11.5 Å². The molecule has 35 heavy (non-hydrogen) atoms. The molecular formula is C28H34N2O4S. The highest BCUT2D eigenvalue weighted by molar-refractivity contribution is 7.92. The SMILES string of the molecule is C[C@H](C(=O)N[C@H](C)c1ccc(C(C)(C)C)cc1)N(c1ccc(Oc2ccccc2)cc1)S(C)(=O)=O. The molecule has 0 spiro atoms. The smallest absolute Gasteiger partial charge is 0.244 e. The van der Waals surface area contributed by atoms with E-state index in [4.69, 9.17) is 4.74 Å². The summed E-state index contributed by atoms with van der Waals surface area (Å²) in [6, 6.07) is 22.8. The molecule has 3 rings (SSSR count). The molecule has 1 N–H and O–H groups in total. The van der Waals surface area contributed by atoms with Crippen molar-refractivity contribution in [2.45, 2.75) is 52.1 Å². The molecule has 7 heteroatoms. The number of nitrogens with one attached hydrogen (secondary N) is 1. The van der Waals surface area contributed by atoms with Crippen molar-refractivity contribution in [1.29, 1.82) is 0 Å². The number of sulfonamides is 1. The van der Waals surface area contributed by atoms with Gasteiger partial charge in [-0.3, -0.25) is 9.10 Å². The molecule has 0 unspecified atom stereocenters. The van der Waals surface area contributed by atoms with Crippen LogP contribution in [0.25, 0.3) is 0 Å². The highest BCUT2D eigenvalue weighted by Crippen LogP contribution is 2.28. The first kappa shape index (κ1) is 26.3.